The maximum Gasteiger partial charge on any atom is 0.276 e. The lowest BCUT2D eigenvalue weighted by molar-refractivity contribution is 0.000934. The van der Waals surface area contributed by atoms with Crippen molar-refractivity contribution < 1.29 is 18.4 Å². The molecule has 0 saturated heterocycles. The second kappa shape index (κ2) is 7.51. The molecule has 0 saturated carbocycles. The third kappa shape index (κ3) is 3.73. The Morgan fingerprint density at radius 2 is 1.88 bits per heavy atom. The molecule has 0 spiro atoms. The molecule has 33 heavy (non-hydrogen) atoms. The molecule has 0 unspecified atom stereocenters. The van der Waals surface area contributed by atoms with E-state index in [-0.39, 0.29) is 17.2 Å². The van der Waals surface area contributed by atoms with E-state index in [0.717, 1.165) is 10.9 Å². The minimum absolute atomic E-state index is 0.131. The van der Waals surface area contributed by atoms with Gasteiger partial charge in [-0.2, -0.15) is 10.2 Å². The summed E-state index contributed by atoms with van der Waals surface area (Å²) >= 11 is 0. The number of nitrogens with one attached hydrogen (secondary N) is 2. The van der Waals surface area contributed by atoms with Gasteiger partial charge in [0.2, 0.25) is 0 Å². The van der Waals surface area contributed by atoms with Gasteiger partial charge in [-0.25, -0.2) is 8.78 Å². The Morgan fingerprint density at radius 3 is 2.67 bits per heavy atom. The fourth-order valence-electron chi connectivity index (χ4n) is 4.09. The monoisotopic (exact) mass is 450 g/mol. The number of aryl methyl sites for hydroxylation is 2. The van der Waals surface area contributed by atoms with Gasteiger partial charge in [0.05, 0.1) is 29.4 Å². The molecule has 0 aliphatic carbocycles. The van der Waals surface area contributed by atoms with E-state index < -0.39 is 24.8 Å². The summed E-state index contributed by atoms with van der Waals surface area (Å²) in [6, 6.07) is 12.5. The quantitative estimate of drug-likeness (QED) is 0.495. The van der Waals surface area contributed by atoms with Crippen LogP contribution >= 0.6 is 0 Å². The van der Waals surface area contributed by atoms with Gasteiger partial charge in [-0.1, -0.05) is 18.2 Å². The number of halogens is 2. The molecule has 0 bridgehead atoms. The number of nitrogens with zero attached hydrogens (tertiary/aromatic N) is 4. The van der Waals surface area contributed by atoms with E-state index in [1.54, 1.807) is 36.9 Å². The summed E-state index contributed by atoms with van der Waals surface area (Å²) in [7, 11) is 1.78. The Bertz CT molecular complexity index is 1420. The predicted octanol–water partition coefficient (Wildman–Crippen LogP) is 3.77. The first-order chi connectivity index (χ1) is 15.7. The zero-order valence-corrected chi connectivity index (χ0v) is 17.9. The SMILES string of the molecule is Cc1cc(NC(=O)c2nn(C)c3ccccc23)ccc1NC(=O)c1cnn2c1CC(F)(F)C2. The maximum atomic E-state index is 13.6. The molecule has 2 aromatic carbocycles. The average molecular weight is 450 g/mol. The number of fused-ring (bicyclic) bond motifs is 2. The van der Waals surface area contributed by atoms with Gasteiger partial charge in [-0.15, -0.1) is 0 Å². The van der Waals surface area contributed by atoms with Crippen LogP contribution in [0.15, 0.2) is 48.7 Å². The lowest BCUT2D eigenvalue weighted by atomic mass is 10.1. The van der Waals surface area contributed by atoms with Crippen molar-refractivity contribution in [3.8, 4) is 0 Å². The molecule has 8 nitrogen and oxygen atoms in total. The Balaban J connectivity index is 1.32. The molecular weight excluding hydrogens is 430 g/mol. The zero-order valence-electron chi connectivity index (χ0n) is 17.9. The number of anilines is 2. The summed E-state index contributed by atoms with van der Waals surface area (Å²) in [6.07, 6.45) is 0.795. The molecule has 3 heterocycles. The molecule has 0 radical (unpaired) electrons. The summed E-state index contributed by atoms with van der Waals surface area (Å²) in [5.41, 5.74) is 3.26. The van der Waals surface area contributed by atoms with Crippen molar-refractivity contribution in [1.29, 1.82) is 0 Å². The molecule has 168 valence electrons. The van der Waals surface area contributed by atoms with Crippen LogP contribution in [0.1, 0.15) is 32.1 Å². The van der Waals surface area contributed by atoms with Gasteiger partial charge in [0, 0.05) is 23.8 Å². The lowest BCUT2D eigenvalue weighted by Gasteiger charge is -2.11. The number of rotatable bonds is 4. The largest absolute Gasteiger partial charge is 0.322 e. The molecule has 1 aliphatic heterocycles. The van der Waals surface area contributed by atoms with E-state index >= 15 is 0 Å². The molecule has 2 amide bonds. The van der Waals surface area contributed by atoms with Crippen LogP contribution in [0.3, 0.4) is 0 Å². The topological polar surface area (TPSA) is 93.8 Å². The fourth-order valence-corrected chi connectivity index (χ4v) is 4.09. The summed E-state index contributed by atoms with van der Waals surface area (Å²) in [5, 5.41) is 14.5. The van der Waals surface area contributed by atoms with Gasteiger partial charge >= 0.3 is 0 Å². The van der Waals surface area contributed by atoms with Crippen molar-refractivity contribution in [3.05, 3.63) is 71.2 Å². The number of benzene rings is 2. The van der Waals surface area contributed by atoms with Gasteiger partial charge in [-0.05, 0) is 36.8 Å². The van der Waals surface area contributed by atoms with E-state index in [1.807, 2.05) is 24.3 Å². The second-order valence-corrected chi connectivity index (χ2v) is 8.12. The summed E-state index contributed by atoms with van der Waals surface area (Å²) in [6.45, 7) is 1.26. The van der Waals surface area contributed by atoms with Crippen LogP contribution in [-0.2, 0) is 20.0 Å². The number of carbonyl (C=O) groups is 2. The highest BCUT2D eigenvalue weighted by molar-refractivity contribution is 6.11. The molecule has 0 atom stereocenters. The smallest absolute Gasteiger partial charge is 0.276 e. The van der Waals surface area contributed by atoms with Crippen LogP contribution in [0, 0.1) is 6.92 Å². The van der Waals surface area contributed by atoms with Gasteiger partial charge in [0.1, 0.15) is 6.54 Å². The van der Waals surface area contributed by atoms with Crippen LogP contribution in [0.5, 0.6) is 0 Å². The third-order valence-electron chi connectivity index (χ3n) is 5.71. The van der Waals surface area contributed by atoms with Crippen LogP contribution in [0.4, 0.5) is 20.2 Å². The van der Waals surface area contributed by atoms with E-state index in [4.69, 9.17) is 0 Å². The molecular formula is C23H20F2N6O2. The highest BCUT2D eigenvalue weighted by atomic mass is 19.3. The predicted molar refractivity (Wildman–Crippen MR) is 119 cm³/mol. The molecule has 0 fully saturated rings. The molecule has 2 aromatic heterocycles. The van der Waals surface area contributed by atoms with E-state index in [9.17, 15) is 18.4 Å². The molecule has 4 aromatic rings. The number of alkyl halides is 2. The van der Waals surface area contributed by atoms with Crippen molar-refractivity contribution >= 4 is 34.1 Å². The number of carbonyl (C=O) groups excluding carboxylic acids is 2. The van der Waals surface area contributed by atoms with Crippen LogP contribution < -0.4 is 10.6 Å². The fraction of sp³-hybridized carbons (Fsp3) is 0.217. The molecule has 1 aliphatic rings. The number of amides is 2. The minimum Gasteiger partial charge on any atom is -0.322 e. The second-order valence-electron chi connectivity index (χ2n) is 8.12. The van der Waals surface area contributed by atoms with Crippen LogP contribution in [-0.4, -0.2) is 37.3 Å². The van der Waals surface area contributed by atoms with Gasteiger partial charge in [0.15, 0.2) is 5.69 Å². The summed E-state index contributed by atoms with van der Waals surface area (Å²) < 4.78 is 30.1. The van der Waals surface area contributed by atoms with Crippen molar-refractivity contribution in [2.24, 2.45) is 7.05 Å². The van der Waals surface area contributed by atoms with E-state index in [2.05, 4.69) is 20.8 Å². The first-order valence-electron chi connectivity index (χ1n) is 10.3. The number of hydrogen-bond donors (Lipinski definition) is 2. The summed E-state index contributed by atoms with van der Waals surface area (Å²) in [5.74, 6) is -3.75. The van der Waals surface area contributed by atoms with Crippen LogP contribution in [0.2, 0.25) is 0 Å². The first-order valence-corrected chi connectivity index (χ1v) is 10.3. The van der Waals surface area contributed by atoms with Gasteiger partial charge in [0.25, 0.3) is 17.7 Å². The van der Waals surface area contributed by atoms with E-state index in [0.29, 0.717) is 22.6 Å². The Labute approximate surface area is 187 Å². The number of para-hydroxylation sites is 1. The highest BCUT2D eigenvalue weighted by Crippen LogP contribution is 2.31. The van der Waals surface area contributed by atoms with Gasteiger partial charge < -0.3 is 10.6 Å². The van der Waals surface area contributed by atoms with Crippen molar-refractivity contribution in [2.75, 3.05) is 10.6 Å². The number of hydrogen-bond acceptors (Lipinski definition) is 4. The maximum absolute atomic E-state index is 13.6. The minimum atomic E-state index is -2.90. The van der Waals surface area contributed by atoms with Crippen molar-refractivity contribution in [2.45, 2.75) is 25.8 Å². The summed E-state index contributed by atoms with van der Waals surface area (Å²) in [4.78, 5) is 25.5. The van der Waals surface area contributed by atoms with Crippen molar-refractivity contribution in [3.63, 3.8) is 0 Å². The van der Waals surface area contributed by atoms with Crippen LogP contribution in [0.25, 0.3) is 10.9 Å². The third-order valence-corrected chi connectivity index (χ3v) is 5.71. The zero-order chi connectivity index (χ0) is 23.3. The van der Waals surface area contributed by atoms with E-state index in [1.165, 1.54) is 10.9 Å². The van der Waals surface area contributed by atoms with Gasteiger partial charge in [-0.3, -0.25) is 19.0 Å². The molecule has 10 heteroatoms. The lowest BCUT2D eigenvalue weighted by Crippen LogP contribution is -2.19. The Kier molecular flexibility index (Phi) is 4.73. The highest BCUT2D eigenvalue weighted by Gasteiger charge is 2.40. The standard InChI is InChI=1S/C23H20F2N6O2/c1-13-9-14(27-22(33)20-15-5-3-4-6-18(15)30(2)29-20)7-8-17(13)28-21(32)16-11-26-31-12-23(24,25)10-19(16)31/h3-9,11H,10,12H2,1-2H3,(H,27,33)(H,28,32). The normalized spacial score (nSPS) is 14.3. The first kappa shape index (κ1) is 20.8. The Hall–Kier alpha value is -4.08. The molecule has 5 rings (SSSR count). The molecule has 2 N–H and O–H groups in total. The van der Waals surface area contributed by atoms with Crippen molar-refractivity contribution in [1.82, 2.24) is 19.6 Å². The Morgan fingerprint density at radius 1 is 1.09 bits per heavy atom. The number of aromatic nitrogens is 4. The average Bonchev–Trinajstić information content (AvgIpc) is 3.39.